The zero-order valence-corrected chi connectivity index (χ0v) is 28.0. The molecule has 3 aliphatic rings. The molecule has 6 unspecified atom stereocenters. The Morgan fingerprint density at radius 2 is 1.73 bits per heavy atom. The van der Waals surface area contributed by atoms with Gasteiger partial charge in [0, 0.05) is 23.4 Å². The summed E-state index contributed by atoms with van der Waals surface area (Å²) in [5.41, 5.74) is 5.96. The molecular weight excluding hydrogens is 676 g/mol. The summed E-state index contributed by atoms with van der Waals surface area (Å²) in [4.78, 5) is 47.5. The van der Waals surface area contributed by atoms with Crippen LogP contribution in [0.4, 0.5) is 0 Å². The number of benzene rings is 3. The normalized spacial score (nSPS) is 23.8. The predicted octanol–water partition coefficient (Wildman–Crippen LogP) is 2.20. The molecule has 7 rings (SSSR count). The molecule has 52 heavy (non-hydrogen) atoms. The lowest BCUT2D eigenvalue weighted by molar-refractivity contribution is -1.04. The summed E-state index contributed by atoms with van der Waals surface area (Å²) in [5.74, 6) is -2.24. The summed E-state index contributed by atoms with van der Waals surface area (Å²) in [7, 11) is 0. The third kappa shape index (κ3) is 6.97. The van der Waals surface area contributed by atoms with Gasteiger partial charge in [-0.15, -0.1) is 0 Å². The molecule has 1 fully saturated rings. The van der Waals surface area contributed by atoms with Crippen LogP contribution in [0.25, 0.3) is 27.8 Å². The molecule has 3 aliphatic heterocycles. The van der Waals surface area contributed by atoms with E-state index < -0.39 is 55.7 Å². The number of carboxylic acids is 1. The first-order valence-corrected chi connectivity index (χ1v) is 16.4. The lowest BCUT2D eigenvalue weighted by Gasteiger charge is -2.41. The highest BCUT2D eigenvalue weighted by Gasteiger charge is 2.51. The summed E-state index contributed by atoms with van der Waals surface area (Å²) >= 11 is 0. The number of hydrogen-bond donors (Lipinski definition) is 5. The van der Waals surface area contributed by atoms with Gasteiger partial charge in [0.25, 0.3) is 0 Å². The molecule has 0 radical (unpaired) electrons. The Bertz CT molecular complexity index is 2190. The smallest absolute Gasteiger partial charge is 0.317 e. The van der Waals surface area contributed by atoms with E-state index in [2.05, 4.69) is 4.99 Å². The van der Waals surface area contributed by atoms with Crippen LogP contribution in [0, 0.1) is 13.8 Å². The van der Waals surface area contributed by atoms with Crippen LogP contribution in [-0.4, -0.2) is 82.4 Å². The minimum atomic E-state index is -1.64. The molecule has 0 saturated carbocycles. The number of carbonyl (C=O) groups is 2. The molecule has 14 heteroatoms. The van der Waals surface area contributed by atoms with Crippen LogP contribution in [0.3, 0.4) is 0 Å². The number of quaternary nitrogens is 1. The highest BCUT2D eigenvalue weighted by molar-refractivity contribution is 5.90. The van der Waals surface area contributed by atoms with Crippen LogP contribution < -0.4 is 15.2 Å². The molecule has 1 saturated heterocycles. The number of nitrogens with one attached hydrogen (secondary N) is 1. The van der Waals surface area contributed by atoms with E-state index in [1.54, 1.807) is 18.3 Å². The van der Waals surface area contributed by atoms with Gasteiger partial charge in [0.15, 0.2) is 11.1 Å². The number of ether oxygens (including phenoxy) is 3. The molecule has 5 N–H and O–H groups in total. The number of aliphatic imine (C=N–C) groups is 1. The molecule has 268 valence electrons. The maximum absolute atomic E-state index is 13.4. The maximum Gasteiger partial charge on any atom is 0.317 e. The van der Waals surface area contributed by atoms with E-state index in [0.717, 1.165) is 28.0 Å². The van der Waals surface area contributed by atoms with Gasteiger partial charge in [0.05, 0.1) is 10.9 Å². The minimum Gasteiger partial charge on any atom is -0.508 e. The van der Waals surface area contributed by atoms with Crippen molar-refractivity contribution in [3.63, 3.8) is 0 Å². The summed E-state index contributed by atoms with van der Waals surface area (Å²) in [5, 5.41) is 42.0. The number of hydroxylamine groups is 2. The van der Waals surface area contributed by atoms with E-state index in [0.29, 0.717) is 22.9 Å². The van der Waals surface area contributed by atoms with Gasteiger partial charge in [0.1, 0.15) is 66.9 Å². The number of aromatic hydroxyl groups is 1. The fourth-order valence-electron chi connectivity index (χ4n) is 6.58. The van der Waals surface area contributed by atoms with Crippen molar-refractivity contribution in [3.8, 4) is 22.6 Å². The maximum atomic E-state index is 13.4. The Hall–Kier alpha value is -5.64. The van der Waals surface area contributed by atoms with Gasteiger partial charge in [-0.25, -0.2) is 4.99 Å². The Kier molecular flexibility index (Phi) is 9.48. The van der Waals surface area contributed by atoms with Crippen molar-refractivity contribution in [2.75, 3.05) is 13.2 Å². The zero-order valence-electron chi connectivity index (χ0n) is 28.0. The van der Waals surface area contributed by atoms with Gasteiger partial charge in [-0.05, 0) is 61.9 Å². The van der Waals surface area contributed by atoms with Gasteiger partial charge in [-0.2, -0.15) is 9.90 Å². The van der Waals surface area contributed by atoms with Crippen molar-refractivity contribution in [1.82, 2.24) is 0 Å². The quantitative estimate of drug-likeness (QED) is 0.119. The van der Waals surface area contributed by atoms with Crippen LogP contribution in [0.5, 0.6) is 11.5 Å². The number of allylic oxidation sites excluding steroid dienone is 1. The third-order valence-electron chi connectivity index (χ3n) is 8.96. The molecule has 0 aliphatic carbocycles. The molecule has 0 amide bonds. The minimum absolute atomic E-state index is 0.0548. The average Bonchev–Trinajstić information content (AvgIpc) is 3.68. The van der Waals surface area contributed by atoms with Crippen LogP contribution in [0.15, 0.2) is 98.5 Å². The number of aliphatic hydroxyl groups is 2. The lowest BCUT2D eigenvalue weighted by atomic mass is 9.99. The van der Waals surface area contributed by atoms with Crippen LogP contribution >= 0.6 is 0 Å². The molecule has 0 bridgehead atoms. The molecular formula is C38H35N2O12+. The summed E-state index contributed by atoms with van der Waals surface area (Å²) in [6.07, 6.45) is -3.36. The number of phenolic OH excluding ortho intramolecular Hbond substituents is 1. The number of aliphatic hydroxyl groups excluding tert-OH is 2. The molecule has 4 aromatic rings. The molecule has 14 nitrogen and oxygen atoms in total. The molecule has 1 aromatic heterocycles. The van der Waals surface area contributed by atoms with Gasteiger partial charge in [-0.1, -0.05) is 29.3 Å². The highest BCUT2D eigenvalue weighted by Crippen LogP contribution is 2.32. The largest absolute Gasteiger partial charge is 0.508 e. The topological polar surface area (TPSA) is 199 Å². The van der Waals surface area contributed by atoms with Crippen molar-refractivity contribution in [1.29, 1.82) is 0 Å². The molecule has 3 aromatic carbocycles. The van der Waals surface area contributed by atoms with E-state index in [9.17, 15) is 29.7 Å². The van der Waals surface area contributed by atoms with E-state index in [-0.39, 0.29) is 33.5 Å². The zero-order chi connectivity index (χ0) is 36.7. The van der Waals surface area contributed by atoms with Crippen molar-refractivity contribution in [2.24, 2.45) is 4.99 Å². The number of aryl methyl sites for hydroxylation is 2. The lowest BCUT2D eigenvalue weighted by Crippen LogP contribution is -3.08. The van der Waals surface area contributed by atoms with E-state index >= 15 is 0 Å². The second-order valence-corrected chi connectivity index (χ2v) is 12.8. The number of hydrogen-bond acceptors (Lipinski definition) is 12. The van der Waals surface area contributed by atoms with Crippen molar-refractivity contribution >= 4 is 34.8 Å². The monoisotopic (exact) mass is 711 g/mol. The number of phenols is 1. The number of carboxylic acid groups (broad SMARTS) is 1. The summed E-state index contributed by atoms with van der Waals surface area (Å²) in [6.45, 7) is 3.71. The first kappa shape index (κ1) is 34.8. The van der Waals surface area contributed by atoms with Crippen molar-refractivity contribution in [3.05, 3.63) is 111 Å². The van der Waals surface area contributed by atoms with Gasteiger partial charge < -0.3 is 39.1 Å². The van der Waals surface area contributed by atoms with Crippen molar-refractivity contribution in [2.45, 2.75) is 51.0 Å². The highest BCUT2D eigenvalue weighted by atomic mass is 16.8. The van der Waals surface area contributed by atoms with Crippen LogP contribution in [0.2, 0.25) is 0 Å². The standard InChI is InChI=1S/C38H34N2O12/c1-19-11-20(2)13-23(12-19)33-32-22(9-10-39-32)16-40(33)52-37-36(47)35(46)29(18-49-31(44)15-30(42)43)51-38(37)50-25-7-8-26-28(14-25)48-17-27(34(26)45)21-3-5-24(41)6-4-21/h3-14,17,29,35-38,41,46-47H,15-16,18H2,1-2H3,(H,42,43)/p+1. The average molecular weight is 712 g/mol. The Morgan fingerprint density at radius 3 is 2.46 bits per heavy atom. The fourth-order valence-corrected chi connectivity index (χ4v) is 6.58. The Labute approximate surface area is 296 Å². The van der Waals surface area contributed by atoms with Gasteiger partial charge in [0.2, 0.25) is 12.4 Å². The van der Waals surface area contributed by atoms with Crippen LogP contribution in [-0.2, 0) is 23.9 Å². The molecule has 4 heterocycles. The van der Waals surface area contributed by atoms with Crippen LogP contribution in [0.1, 0.15) is 23.1 Å². The number of fused-ring (bicyclic) bond motifs is 2. The Morgan fingerprint density at radius 1 is 0.981 bits per heavy atom. The van der Waals surface area contributed by atoms with Gasteiger partial charge >= 0.3 is 11.9 Å². The Balaban J connectivity index is 1.20. The predicted molar refractivity (Wildman–Crippen MR) is 184 cm³/mol. The van der Waals surface area contributed by atoms with Gasteiger partial charge in [-0.3, -0.25) is 14.4 Å². The van der Waals surface area contributed by atoms with E-state index in [1.165, 1.54) is 36.6 Å². The summed E-state index contributed by atoms with van der Waals surface area (Å²) in [6, 6.07) is 16.7. The first-order chi connectivity index (χ1) is 24.9. The number of aliphatic carboxylic acids is 1. The number of rotatable bonds is 10. The SMILES string of the molecule is Cc1cc(C)cc(C2=C3N=CC=C3C[NH+]2OC2C(Oc3ccc4c(=O)c(-c5ccc(O)cc5)coc4c3)OC(COC(=O)CC(=O)O)C(O)C2O)c1. The van der Waals surface area contributed by atoms with E-state index in [1.807, 2.05) is 38.1 Å². The summed E-state index contributed by atoms with van der Waals surface area (Å²) < 4.78 is 23.2. The number of carbonyl (C=O) groups excluding carboxylic acids is 1. The number of esters is 1. The first-order valence-electron chi connectivity index (χ1n) is 16.4. The second-order valence-electron chi connectivity index (χ2n) is 12.8. The number of nitrogens with zero attached hydrogens (tertiary/aromatic N) is 1. The van der Waals surface area contributed by atoms with Crippen molar-refractivity contribution < 1.29 is 58.5 Å². The second kappa shape index (κ2) is 14.2. The molecule has 6 atom stereocenters. The van der Waals surface area contributed by atoms with E-state index in [4.69, 9.17) is 28.6 Å². The fraction of sp³-hybridized carbons (Fsp3) is 0.263. The third-order valence-corrected chi connectivity index (χ3v) is 8.96. The molecule has 0 spiro atoms.